The van der Waals surface area contributed by atoms with Gasteiger partial charge in [-0.2, -0.15) is 5.26 Å². The van der Waals surface area contributed by atoms with Gasteiger partial charge >= 0.3 is 0 Å². The van der Waals surface area contributed by atoms with Gasteiger partial charge in [-0.3, -0.25) is 4.79 Å². The lowest BCUT2D eigenvalue weighted by atomic mass is 10.2. The number of thioether (sulfide) groups is 1. The van der Waals surface area contributed by atoms with E-state index >= 15 is 0 Å². The lowest BCUT2D eigenvalue weighted by Gasteiger charge is -2.05. The topological polar surface area (TPSA) is 52.9 Å². The van der Waals surface area contributed by atoms with Crippen molar-refractivity contribution < 1.29 is 9.18 Å². The van der Waals surface area contributed by atoms with Gasteiger partial charge in [0, 0.05) is 10.6 Å². The fraction of sp³-hybridized carbons (Fsp3) is 0.0667. The second-order valence-electron chi connectivity index (χ2n) is 3.98. The summed E-state index contributed by atoms with van der Waals surface area (Å²) in [4.78, 5) is 12.4. The number of anilines is 1. The maximum atomic E-state index is 13.0. The zero-order valence-electron chi connectivity index (χ0n) is 10.5. The molecule has 0 heterocycles. The van der Waals surface area contributed by atoms with Gasteiger partial charge in [-0.25, -0.2) is 4.39 Å². The molecule has 1 amide bonds. The highest BCUT2D eigenvalue weighted by atomic mass is 32.2. The molecule has 0 saturated carbocycles. The molecule has 2 aromatic rings. The Hall–Kier alpha value is -2.32. The Morgan fingerprint density at radius 2 is 2.00 bits per heavy atom. The van der Waals surface area contributed by atoms with E-state index < -0.39 is 0 Å². The number of nitrogens with zero attached hydrogens (tertiary/aromatic N) is 1. The smallest absolute Gasteiger partial charge is 0.234 e. The molecule has 0 radical (unpaired) electrons. The van der Waals surface area contributed by atoms with Crippen LogP contribution in [0.25, 0.3) is 0 Å². The third-order valence-corrected chi connectivity index (χ3v) is 3.46. The van der Waals surface area contributed by atoms with Crippen molar-refractivity contribution in [3.8, 4) is 6.07 Å². The van der Waals surface area contributed by atoms with E-state index in [1.165, 1.54) is 23.9 Å². The van der Waals surface area contributed by atoms with E-state index in [0.29, 0.717) is 16.1 Å². The van der Waals surface area contributed by atoms with Crippen LogP contribution in [0.15, 0.2) is 53.4 Å². The lowest BCUT2D eigenvalue weighted by Crippen LogP contribution is -2.13. The van der Waals surface area contributed by atoms with Gasteiger partial charge in [-0.1, -0.05) is 6.07 Å². The van der Waals surface area contributed by atoms with Crippen LogP contribution in [0, 0.1) is 17.1 Å². The Morgan fingerprint density at radius 3 is 2.65 bits per heavy atom. The van der Waals surface area contributed by atoms with Crippen LogP contribution in [-0.4, -0.2) is 11.7 Å². The van der Waals surface area contributed by atoms with Crippen LogP contribution >= 0.6 is 11.8 Å². The van der Waals surface area contributed by atoms with Gasteiger partial charge in [0.05, 0.1) is 17.4 Å². The second-order valence-corrected chi connectivity index (χ2v) is 5.03. The first kappa shape index (κ1) is 14.1. The molecule has 2 aromatic carbocycles. The van der Waals surface area contributed by atoms with Crippen LogP contribution in [0.2, 0.25) is 0 Å². The number of carbonyl (C=O) groups is 1. The normalized spacial score (nSPS) is 9.80. The molecule has 0 aliphatic rings. The first-order valence-corrected chi connectivity index (χ1v) is 6.84. The van der Waals surface area contributed by atoms with E-state index in [1.807, 2.05) is 6.07 Å². The number of hydrogen-bond donors (Lipinski definition) is 1. The molecule has 0 aliphatic heterocycles. The standard InChI is InChI=1S/C15H11FN2OS/c16-12-2-1-3-14(8-12)20-10-15(19)18-13-6-4-11(9-17)5-7-13/h1-8H,10H2,(H,18,19). The molecule has 0 spiro atoms. The van der Waals surface area contributed by atoms with E-state index in [0.717, 1.165) is 0 Å². The molecule has 0 saturated heterocycles. The van der Waals surface area contributed by atoms with Crippen molar-refractivity contribution in [2.45, 2.75) is 4.90 Å². The van der Waals surface area contributed by atoms with Crippen molar-refractivity contribution in [1.82, 2.24) is 0 Å². The summed E-state index contributed by atoms with van der Waals surface area (Å²) in [5.74, 6) is -0.296. The molecule has 100 valence electrons. The number of benzene rings is 2. The molecule has 0 bridgehead atoms. The maximum Gasteiger partial charge on any atom is 0.234 e. The monoisotopic (exact) mass is 286 g/mol. The summed E-state index contributed by atoms with van der Waals surface area (Å²) < 4.78 is 13.0. The Bertz CT molecular complexity index is 650. The summed E-state index contributed by atoms with van der Waals surface area (Å²) in [7, 11) is 0. The molecule has 1 N–H and O–H groups in total. The molecule has 5 heteroatoms. The summed E-state index contributed by atoms with van der Waals surface area (Å²) >= 11 is 1.27. The maximum absolute atomic E-state index is 13.0. The number of hydrogen-bond acceptors (Lipinski definition) is 3. The van der Waals surface area contributed by atoms with Crippen LogP contribution in [0.5, 0.6) is 0 Å². The van der Waals surface area contributed by atoms with Gasteiger partial charge in [0.2, 0.25) is 5.91 Å². The quantitative estimate of drug-likeness (QED) is 0.876. The minimum atomic E-state index is -0.317. The summed E-state index contributed by atoms with van der Waals surface area (Å²) in [6.07, 6.45) is 0. The van der Waals surface area contributed by atoms with Crippen molar-refractivity contribution in [1.29, 1.82) is 5.26 Å². The Balaban J connectivity index is 1.87. The van der Waals surface area contributed by atoms with Crippen molar-refractivity contribution in [3.63, 3.8) is 0 Å². The predicted octanol–water partition coefficient (Wildman–Crippen LogP) is 3.43. The number of carbonyl (C=O) groups excluding carboxylic acids is 1. The highest BCUT2D eigenvalue weighted by Gasteiger charge is 2.04. The number of rotatable bonds is 4. The first-order valence-electron chi connectivity index (χ1n) is 5.86. The SMILES string of the molecule is N#Cc1ccc(NC(=O)CSc2cccc(F)c2)cc1. The molecule has 20 heavy (non-hydrogen) atoms. The molecule has 0 aromatic heterocycles. The number of halogens is 1. The van der Waals surface area contributed by atoms with Gasteiger partial charge in [0.25, 0.3) is 0 Å². The van der Waals surface area contributed by atoms with Crippen molar-refractivity contribution in [3.05, 3.63) is 59.9 Å². The van der Waals surface area contributed by atoms with Gasteiger partial charge < -0.3 is 5.32 Å². The molecule has 2 rings (SSSR count). The molecular weight excluding hydrogens is 275 g/mol. The van der Waals surface area contributed by atoms with Gasteiger partial charge in [-0.05, 0) is 42.5 Å². The zero-order chi connectivity index (χ0) is 14.4. The number of amides is 1. The Kier molecular flexibility index (Phi) is 4.75. The number of nitrogens with one attached hydrogen (secondary N) is 1. The number of nitriles is 1. The molecule has 0 fully saturated rings. The van der Waals surface area contributed by atoms with Crippen LogP contribution < -0.4 is 5.32 Å². The van der Waals surface area contributed by atoms with E-state index in [9.17, 15) is 9.18 Å². The predicted molar refractivity (Wildman–Crippen MR) is 76.9 cm³/mol. The third kappa shape index (κ3) is 4.11. The van der Waals surface area contributed by atoms with Crippen molar-refractivity contribution >= 4 is 23.4 Å². The van der Waals surface area contributed by atoms with Crippen LogP contribution in [0.1, 0.15) is 5.56 Å². The fourth-order valence-electron chi connectivity index (χ4n) is 1.53. The zero-order valence-corrected chi connectivity index (χ0v) is 11.3. The molecular formula is C15H11FN2OS. The van der Waals surface area contributed by atoms with Gasteiger partial charge in [-0.15, -0.1) is 11.8 Å². The van der Waals surface area contributed by atoms with Crippen LogP contribution in [0.3, 0.4) is 0 Å². The fourth-order valence-corrected chi connectivity index (χ4v) is 2.27. The molecule has 0 atom stereocenters. The third-order valence-electron chi connectivity index (χ3n) is 2.46. The summed E-state index contributed by atoms with van der Waals surface area (Å²) in [5.41, 5.74) is 1.17. The minimum absolute atomic E-state index is 0.177. The molecule has 3 nitrogen and oxygen atoms in total. The summed E-state index contributed by atoms with van der Waals surface area (Å²) in [6, 6.07) is 14.7. The van der Waals surface area contributed by atoms with E-state index in [1.54, 1.807) is 36.4 Å². The minimum Gasteiger partial charge on any atom is -0.325 e. The Labute approximate surface area is 120 Å². The summed E-state index contributed by atoms with van der Waals surface area (Å²) in [6.45, 7) is 0. The van der Waals surface area contributed by atoms with E-state index in [-0.39, 0.29) is 17.5 Å². The highest BCUT2D eigenvalue weighted by molar-refractivity contribution is 8.00. The van der Waals surface area contributed by atoms with Crippen LogP contribution in [0.4, 0.5) is 10.1 Å². The average Bonchev–Trinajstić information content (AvgIpc) is 2.46. The van der Waals surface area contributed by atoms with Crippen molar-refractivity contribution in [2.75, 3.05) is 11.1 Å². The van der Waals surface area contributed by atoms with Crippen molar-refractivity contribution in [2.24, 2.45) is 0 Å². The summed E-state index contributed by atoms with van der Waals surface area (Å²) in [5, 5.41) is 11.4. The van der Waals surface area contributed by atoms with Crippen LogP contribution in [-0.2, 0) is 4.79 Å². The second kappa shape index (κ2) is 6.73. The highest BCUT2D eigenvalue weighted by Crippen LogP contribution is 2.19. The molecule has 0 aliphatic carbocycles. The van der Waals surface area contributed by atoms with Gasteiger partial charge in [0.15, 0.2) is 0 Å². The Morgan fingerprint density at radius 1 is 1.25 bits per heavy atom. The van der Waals surface area contributed by atoms with Gasteiger partial charge in [0.1, 0.15) is 5.82 Å². The largest absolute Gasteiger partial charge is 0.325 e. The lowest BCUT2D eigenvalue weighted by molar-refractivity contribution is -0.113. The molecule has 0 unspecified atom stereocenters. The van der Waals surface area contributed by atoms with E-state index in [2.05, 4.69) is 5.32 Å². The average molecular weight is 286 g/mol. The first-order chi connectivity index (χ1) is 9.67. The van der Waals surface area contributed by atoms with E-state index in [4.69, 9.17) is 5.26 Å².